The Morgan fingerprint density at radius 2 is 1.84 bits per heavy atom. The number of benzene rings is 2. The third-order valence-electron chi connectivity index (χ3n) is 7.22. The maximum Gasteiger partial charge on any atom is 0.132 e. The van der Waals surface area contributed by atoms with Crippen LogP contribution in [0.15, 0.2) is 64.9 Å². The van der Waals surface area contributed by atoms with E-state index in [1.54, 1.807) is 6.07 Å². The third kappa shape index (κ3) is 3.95. The molecule has 3 fully saturated rings. The molecule has 1 N–H and O–H groups in total. The fourth-order valence-electron chi connectivity index (χ4n) is 5.39. The van der Waals surface area contributed by atoms with Gasteiger partial charge in [-0.05, 0) is 50.3 Å². The number of halogens is 1. The minimum absolute atomic E-state index is 0.166. The molecule has 3 aliphatic rings. The van der Waals surface area contributed by atoms with Crippen molar-refractivity contribution in [3.8, 4) is 0 Å². The third-order valence-corrected chi connectivity index (χ3v) is 7.22. The molecule has 5 rings (SSSR count). The highest BCUT2D eigenvalue weighted by atomic mass is 19.1. The van der Waals surface area contributed by atoms with E-state index in [-0.39, 0.29) is 5.82 Å². The number of nitrogens with one attached hydrogen (secondary N) is 1. The molecule has 2 aromatic carbocycles. The van der Waals surface area contributed by atoms with Gasteiger partial charge in [-0.2, -0.15) is 0 Å². The van der Waals surface area contributed by atoms with Crippen molar-refractivity contribution in [2.75, 3.05) is 31.1 Å². The Kier molecular flexibility index (Phi) is 5.76. The van der Waals surface area contributed by atoms with Crippen molar-refractivity contribution in [2.24, 2.45) is 4.99 Å². The summed E-state index contributed by atoms with van der Waals surface area (Å²) in [5, 5.41) is 5.37. The lowest BCUT2D eigenvalue weighted by Crippen LogP contribution is -2.50. The summed E-state index contributed by atoms with van der Waals surface area (Å²) in [6, 6.07) is 12.4. The van der Waals surface area contributed by atoms with Crippen LogP contribution < -0.4 is 10.2 Å². The smallest absolute Gasteiger partial charge is 0.132 e. The summed E-state index contributed by atoms with van der Waals surface area (Å²) < 4.78 is 14.3. The molecule has 168 valence electrons. The number of nitrogens with zero attached hydrogens (tertiary/aromatic N) is 3. The molecule has 2 unspecified atom stereocenters. The van der Waals surface area contributed by atoms with Crippen LogP contribution in [-0.2, 0) is 0 Å². The molecule has 0 radical (unpaired) electrons. The number of piperazine rings is 1. The van der Waals surface area contributed by atoms with Crippen LogP contribution in [0.5, 0.6) is 0 Å². The molecule has 32 heavy (non-hydrogen) atoms. The lowest BCUT2D eigenvalue weighted by atomic mass is 9.96. The second-order valence-corrected chi connectivity index (χ2v) is 9.43. The highest BCUT2D eigenvalue weighted by Crippen LogP contribution is 2.35. The summed E-state index contributed by atoms with van der Waals surface area (Å²) >= 11 is 0. The number of rotatable bonds is 4. The molecule has 0 saturated carbocycles. The molecule has 0 amide bonds. The van der Waals surface area contributed by atoms with Crippen LogP contribution in [0.2, 0.25) is 0 Å². The highest BCUT2D eigenvalue weighted by molar-refractivity contribution is 5.95. The summed E-state index contributed by atoms with van der Waals surface area (Å²) in [5.74, 6) is 0.970. The minimum atomic E-state index is -0.166. The number of hydrogen-bond donors (Lipinski definition) is 1. The van der Waals surface area contributed by atoms with Crippen molar-refractivity contribution in [1.29, 1.82) is 0 Å². The fraction of sp³-hybridized carbons (Fsp3) is 0.444. The predicted molar refractivity (Wildman–Crippen MR) is 132 cm³/mol. The molecular formula is C27H33FN4. The molecule has 5 heteroatoms. The molecule has 2 atom stereocenters. The second kappa shape index (κ2) is 8.70. The van der Waals surface area contributed by atoms with Gasteiger partial charge in [0.05, 0.1) is 0 Å². The normalized spacial score (nSPS) is 25.6. The first-order valence-corrected chi connectivity index (χ1v) is 11.9. The van der Waals surface area contributed by atoms with E-state index in [1.807, 2.05) is 18.2 Å². The number of fused-ring (bicyclic) bond motifs is 3. The van der Waals surface area contributed by atoms with E-state index in [0.717, 1.165) is 67.2 Å². The van der Waals surface area contributed by atoms with Gasteiger partial charge in [0.15, 0.2) is 0 Å². The first kappa shape index (κ1) is 21.2. The topological polar surface area (TPSA) is 30.9 Å². The van der Waals surface area contributed by atoms with E-state index in [1.165, 1.54) is 24.5 Å². The standard InChI is InChI=1S/C27H33FN4/c1-4-19(3)29-27(32-16-20-11-12-21(17-32)30-20)22-13-14-31(15-18(22)2)26-10-6-7-23-24(26)8-5-9-25(23)28/h5-10,20-21,30H,2,4,11-17H2,1,3H3/b27-22+,29-19+. The first-order valence-electron chi connectivity index (χ1n) is 11.9. The van der Waals surface area contributed by atoms with Gasteiger partial charge in [-0.15, -0.1) is 0 Å². The van der Waals surface area contributed by atoms with Crippen LogP contribution in [0.25, 0.3) is 10.8 Å². The molecule has 4 nitrogen and oxygen atoms in total. The molecule has 3 saturated heterocycles. The van der Waals surface area contributed by atoms with Crippen molar-refractivity contribution in [3.63, 3.8) is 0 Å². The van der Waals surface area contributed by atoms with Crippen molar-refractivity contribution in [2.45, 2.75) is 51.6 Å². The van der Waals surface area contributed by atoms with Crippen molar-refractivity contribution >= 4 is 22.2 Å². The molecule has 2 aromatic rings. The lowest BCUT2D eigenvalue weighted by Gasteiger charge is -2.39. The Morgan fingerprint density at radius 3 is 2.56 bits per heavy atom. The zero-order valence-electron chi connectivity index (χ0n) is 19.2. The average Bonchev–Trinajstić information content (AvgIpc) is 3.15. The van der Waals surface area contributed by atoms with Gasteiger partial charge in [0.1, 0.15) is 11.6 Å². The Balaban J connectivity index is 1.46. The van der Waals surface area contributed by atoms with Crippen molar-refractivity contribution < 1.29 is 4.39 Å². The minimum Gasteiger partial charge on any atom is -0.366 e. The van der Waals surface area contributed by atoms with Crippen LogP contribution in [0.4, 0.5) is 10.1 Å². The SMILES string of the molecule is C=C1CN(c2cccc3c(F)cccc23)CC/C1=C(/N=C(\C)CC)N1CC2CCC(C1)N2. The maximum absolute atomic E-state index is 14.3. The van der Waals surface area contributed by atoms with Crippen molar-refractivity contribution in [1.82, 2.24) is 10.2 Å². The van der Waals surface area contributed by atoms with E-state index in [4.69, 9.17) is 4.99 Å². The maximum atomic E-state index is 14.3. The summed E-state index contributed by atoms with van der Waals surface area (Å²) in [6.45, 7) is 12.5. The van der Waals surface area contributed by atoms with Crippen LogP contribution in [0, 0.1) is 5.82 Å². The van der Waals surface area contributed by atoms with Gasteiger partial charge in [-0.25, -0.2) is 9.38 Å². The van der Waals surface area contributed by atoms with Crippen LogP contribution >= 0.6 is 0 Å². The van der Waals surface area contributed by atoms with Gasteiger partial charge in [0, 0.05) is 66.0 Å². The molecule has 3 aliphatic heterocycles. The van der Waals surface area contributed by atoms with Gasteiger partial charge in [0.25, 0.3) is 0 Å². The monoisotopic (exact) mass is 432 g/mol. The number of likely N-dealkylation sites (tertiary alicyclic amines) is 1. The molecule has 2 bridgehead atoms. The van der Waals surface area contributed by atoms with E-state index in [0.29, 0.717) is 17.5 Å². The van der Waals surface area contributed by atoms with Crippen LogP contribution in [0.3, 0.4) is 0 Å². The Morgan fingerprint density at radius 1 is 1.12 bits per heavy atom. The second-order valence-electron chi connectivity index (χ2n) is 9.43. The zero-order chi connectivity index (χ0) is 22.2. The Labute approximate surface area is 190 Å². The van der Waals surface area contributed by atoms with Gasteiger partial charge >= 0.3 is 0 Å². The molecule has 0 aliphatic carbocycles. The van der Waals surface area contributed by atoms with Gasteiger partial charge < -0.3 is 15.1 Å². The Bertz CT molecular complexity index is 1090. The van der Waals surface area contributed by atoms with Crippen LogP contribution in [0.1, 0.15) is 39.5 Å². The summed E-state index contributed by atoms with van der Waals surface area (Å²) in [5.41, 5.74) is 4.66. The zero-order valence-corrected chi connectivity index (χ0v) is 19.2. The van der Waals surface area contributed by atoms with Gasteiger partial charge in [-0.1, -0.05) is 37.8 Å². The van der Waals surface area contributed by atoms with E-state index in [2.05, 4.69) is 41.6 Å². The van der Waals surface area contributed by atoms with Gasteiger partial charge in [-0.3, -0.25) is 0 Å². The predicted octanol–water partition coefficient (Wildman–Crippen LogP) is 5.26. The van der Waals surface area contributed by atoms with E-state index < -0.39 is 0 Å². The lowest BCUT2D eigenvalue weighted by molar-refractivity contribution is 0.239. The van der Waals surface area contributed by atoms with Crippen molar-refractivity contribution in [3.05, 3.63) is 65.8 Å². The summed E-state index contributed by atoms with van der Waals surface area (Å²) in [4.78, 5) is 9.95. The van der Waals surface area contributed by atoms with Gasteiger partial charge in [0.2, 0.25) is 0 Å². The van der Waals surface area contributed by atoms with E-state index in [9.17, 15) is 4.39 Å². The largest absolute Gasteiger partial charge is 0.366 e. The number of hydrogen-bond acceptors (Lipinski definition) is 4. The quantitative estimate of drug-likeness (QED) is 0.668. The average molecular weight is 433 g/mol. The molecule has 0 spiro atoms. The molecule has 0 aromatic heterocycles. The summed E-state index contributed by atoms with van der Waals surface area (Å²) in [7, 11) is 0. The molecule has 3 heterocycles. The Hall–Kier alpha value is -2.66. The van der Waals surface area contributed by atoms with E-state index >= 15 is 0 Å². The molecular weight excluding hydrogens is 399 g/mol. The highest BCUT2D eigenvalue weighted by Gasteiger charge is 2.34. The van der Waals surface area contributed by atoms with Crippen LogP contribution in [-0.4, -0.2) is 48.9 Å². The first-order chi connectivity index (χ1) is 15.5. The summed E-state index contributed by atoms with van der Waals surface area (Å²) in [6.07, 6.45) is 4.37. The number of anilines is 1. The number of piperidine rings is 1. The fourth-order valence-corrected chi connectivity index (χ4v) is 5.39. The number of aliphatic imine (C=N–C) groups is 1.